The molecule has 0 N–H and O–H groups in total. The molecule has 5 heteroatoms. The third-order valence-corrected chi connectivity index (χ3v) is 3.48. The van der Waals surface area contributed by atoms with Gasteiger partial charge in [-0.15, -0.1) is 0 Å². The molecule has 0 atom stereocenters. The molecule has 0 radical (unpaired) electrons. The number of fused-ring (bicyclic) bond motifs is 3. The third-order valence-electron chi connectivity index (χ3n) is 3.17. The van der Waals surface area contributed by atoms with Crippen LogP contribution in [0, 0.1) is 0 Å². The minimum Gasteiger partial charge on any atom is -0.449 e. The molecule has 0 aliphatic carbocycles. The maximum Gasteiger partial charge on any atom is 0.267 e. The first kappa shape index (κ1) is 12.2. The normalized spacial score (nSPS) is 11.1. The van der Waals surface area contributed by atoms with Gasteiger partial charge in [-0.1, -0.05) is 35.9 Å². The topological polar surface area (TPSA) is 48.2 Å². The highest BCUT2D eigenvalue weighted by atomic mass is 35.5. The summed E-state index contributed by atoms with van der Waals surface area (Å²) in [5, 5.41) is 1.44. The maximum absolute atomic E-state index is 6.11. The largest absolute Gasteiger partial charge is 0.449 e. The summed E-state index contributed by atoms with van der Waals surface area (Å²) in [5.41, 5.74) is 1.98. The zero-order chi connectivity index (χ0) is 14.2. The fourth-order valence-electron chi connectivity index (χ4n) is 2.21. The van der Waals surface area contributed by atoms with E-state index in [1.807, 2.05) is 36.4 Å². The van der Waals surface area contributed by atoms with Gasteiger partial charge in [-0.2, -0.15) is 4.98 Å². The molecule has 0 bridgehead atoms. The Morgan fingerprint density at radius 1 is 0.952 bits per heavy atom. The van der Waals surface area contributed by atoms with Crippen LogP contribution in [0.25, 0.3) is 22.1 Å². The van der Waals surface area contributed by atoms with Gasteiger partial charge in [0.1, 0.15) is 23.2 Å². The van der Waals surface area contributed by atoms with Crippen molar-refractivity contribution in [3.8, 4) is 11.6 Å². The van der Waals surface area contributed by atoms with Crippen LogP contribution in [0.3, 0.4) is 0 Å². The average molecular weight is 297 g/mol. The van der Waals surface area contributed by atoms with E-state index in [0.717, 1.165) is 16.5 Å². The van der Waals surface area contributed by atoms with Gasteiger partial charge in [0.05, 0.1) is 5.02 Å². The summed E-state index contributed by atoms with van der Waals surface area (Å²) in [6.45, 7) is 0. The number of ether oxygens (including phenoxy) is 1. The van der Waals surface area contributed by atoms with Crippen molar-refractivity contribution < 1.29 is 9.15 Å². The van der Waals surface area contributed by atoms with E-state index in [1.165, 1.54) is 6.33 Å². The highest BCUT2D eigenvalue weighted by Crippen LogP contribution is 2.35. The number of benzene rings is 2. The number of furan rings is 1. The number of halogens is 1. The molecule has 102 valence electrons. The molecule has 0 saturated heterocycles. The zero-order valence-electron chi connectivity index (χ0n) is 10.8. The fraction of sp³-hybridized carbons (Fsp3) is 0. The Hall–Kier alpha value is -2.59. The second kappa shape index (κ2) is 4.75. The number of aromatic nitrogens is 2. The van der Waals surface area contributed by atoms with E-state index in [1.54, 1.807) is 12.1 Å². The van der Waals surface area contributed by atoms with Crippen LogP contribution in [-0.2, 0) is 0 Å². The Balaban J connectivity index is 1.91. The van der Waals surface area contributed by atoms with Crippen LogP contribution in [0.4, 0.5) is 0 Å². The summed E-state index contributed by atoms with van der Waals surface area (Å²) >= 11 is 6.11. The van der Waals surface area contributed by atoms with Crippen molar-refractivity contribution in [2.45, 2.75) is 0 Å². The lowest BCUT2D eigenvalue weighted by molar-refractivity contribution is 0.456. The van der Waals surface area contributed by atoms with Gasteiger partial charge in [0.2, 0.25) is 5.58 Å². The van der Waals surface area contributed by atoms with Gasteiger partial charge in [-0.05, 0) is 24.3 Å². The van der Waals surface area contributed by atoms with Gasteiger partial charge < -0.3 is 9.15 Å². The second-order valence-corrected chi connectivity index (χ2v) is 4.89. The van der Waals surface area contributed by atoms with E-state index in [2.05, 4.69) is 9.97 Å². The van der Waals surface area contributed by atoms with E-state index in [0.29, 0.717) is 22.2 Å². The summed E-state index contributed by atoms with van der Waals surface area (Å²) in [4.78, 5) is 8.43. The molecule has 0 saturated carbocycles. The first-order chi connectivity index (χ1) is 10.3. The predicted octanol–water partition coefficient (Wildman–Crippen LogP) is 4.82. The lowest BCUT2D eigenvalue weighted by Gasteiger charge is -2.05. The van der Waals surface area contributed by atoms with Crippen LogP contribution in [0.1, 0.15) is 0 Å². The molecule has 21 heavy (non-hydrogen) atoms. The highest BCUT2D eigenvalue weighted by Gasteiger charge is 2.15. The van der Waals surface area contributed by atoms with Crippen LogP contribution >= 0.6 is 11.6 Å². The molecule has 4 aromatic rings. The van der Waals surface area contributed by atoms with Gasteiger partial charge >= 0.3 is 0 Å². The van der Waals surface area contributed by atoms with E-state index < -0.39 is 0 Å². The molecule has 4 nitrogen and oxygen atoms in total. The lowest BCUT2D eigenvalue weighted by atomic mass is 10.2. The minimum atomic E-state index is 0.351. The molecule has 0 spiro atoms. The lowest BCUT2D eigenvalue weighted by Crippen LogP contribution is -1.90. The molecule has 2 aromatic carbocycles. The molecule has 2 heterocycles. The molecule has 0 amide bonds. The summed E-state index contributed by atoms with van der Waals surface area (Å²) in [7, 11) is 0. The summed E-state index contributed by atoms with van der Waals surface area (Å²) < 4.78 is 11.6. The number of para-hydroxylation sites is 2. The van der Waals surface area contributed by atoms with E-state index >= 15 is 0 Å². The molecule has 0 aliphatic heterocycles. The number of hydrogen-bond acceptors (Lipinski definition) is 4. The van der Waals surface area contributed by atoms with Crippen LogP contribution in [-0.4, -0.2) is 9.97 Å². The fourth-order valence-corrected chi connectivity index (χ4v) is 2.38. The second-order valence-electron chi connectivity index (χ2n) is 4.49. The van der Waals surface area contributed by atoms with Crippen molar-refractivity contribution in [3.63, 3.8) is 0 Å². The number of rotatable bonds is 2. The van der Waals surface area contributed by atoms with Gasteiger partial charge in [0, 0.05) is 5.39 Å². The number of hydrogen-bond donors (Lipinski definition) is 0. The van der Waals surface area contributed by atoms with Crippen LogP contribution in [0.2, 0.25) is 5.02 Å². The first-order valence-corrected chi connectivity index (χ1v) is 6.75. The molecule has 2 aromatic heterocycles. The molecule has 0 fully saturated rings. The van der Waals surface area contributed by atoms with Crippen LogP contribution < -0.4 is 4.74 Å². The minimum absolute atomic E-state index is 0.351. The van der Waals surface area contributed by atoms with Gasteiger partial charge in [0.15, 0.2) is 0 Å². The standard InChI is InChI=1S/C16H9ClN2O2/c17-11-6-2-4-8-13(11)21-16-15-14(18-9-19-16)10-5-1-3-7-12(10)20-15/h1-9H. The Labute approximate surface area is 125 Å². The zero-order valence-corrected chi connectivity index (χ0v) is 11.5. The Morgan fingerprint density at radius 3 is 2.67 bits per heavy atom. The summed E-state index contributed by atoms with van der Waals surface area (Å²) in [6.07, 6.45) is 1.45. The molecular formula is C16H9ClN2O2. The van der Waals surface area contributed by atoms with Crippen molar-refractivity contribution in [3.05, 3.63) is 59.9 Å². The average Bonchev–Trinajstić information content (AvgIpc) is 2.89. The van der Waals surface area contributed by atoms with Crippen molar-refractivity contribution in [1.82, 2.24) is 9.97 Å². The van der Waals surface area contributed by atoms with Gasteiger partial charge in [-0.3, -0.25) is 0 Å². The summed E-state index contributed by atoms with van der Waals surface area (Å²) in [6, 6.07) is 14.9. The monoisotopic (exact) mass is 296 g/mol. The van der Waals surface area contributed by atoms with Crippen molar-refractivity contribution in [2.75, 3.05) is 0 Å². The SMILES string of the molecule is Clc1ccccc1Oc1ncnc2c1oc1ccccc12. The van der Waals surface area contributed by atoms with Crippen LogP contribution in [0.15, 0.2) is 59.3 Å². The maximum atomic E-state index is 6.11. The Kier molecular flexibility index (Phi) is 2.75. The van der Waals surface area contributed by atoms with E-state index in [-0.39, 0.29) is 0 Å². The van der Waals surface area contributed by atoms with E-state index in [4.69, 9.17) is 20.8 Å². The Bertz CT molecular complexity index is 949. The smallest absolute Gasteiger partial charge is 0.267 e. The van der Waals surface area contributed by atoms with Crippen LogP contribution in [0.5, 0.6) is 11.6 Å². The first-order valence-electron chi connectivity index (χ1n) is 6.37. The van der Waals surface area contributed by atoms with Crippen molar-refractivity contribution in [1.29, 1.82) is 0 Å². The molecule has 0 aliphatic rings. The number of nitrogens with zero attached hydrogens (tertiary/aromatic N) is 2. The quantitative estimate of drug-likeness (QED) is 0.532. The molecule has 4 rings (SSSR count). The van der Waals surface area contributed by atoms with Crippen molar-refractivity contribution in [2.24, 2.45) is 0 Å². The third kappa shape index (κ3) is 2.00. The van der Waals surface area contributed by atoms with Gasteiger partial charge in [0.25, 0.3) is 5.88 Å². The van der Waals surface area contributed by atoms with Crippen molar-refractivity contribution >= 4 is 33.7 Å². The predicted molar refractivity (Wildman–Crippen MR) is 80.8 cm³/mol. The van der Waals surface area contributed by atoms with E-state index in [9.17, 15) is 0 Å². The Morgan fingerprint density at radius 2 is 1.76 bits per heavy atom. The molecule has 0 unspecified atom stereocenters. The van der Waals surface area contributed by atoms with Gasteiger partial charge in [-0.25, -0.2) is 4.98 Å². The molecular weight excluding hydrogens is 288 g/mol. The summed E-state index contributed by atoms with van der Waals surface area (Å²) in [5.74, 6) is 0.879. The highest BCUT2D eigenvalue weighted by molar-refractivity contribution is 6.32.